The van der Waals surface area contributed by atoms with Crippen LogP contribution >= 0.6 is 0 Å². The van der Waals surface area contributed by atoms with Crippen molar-refractivity contribution < 1.29 is 0 Å². The van der Waals surface area contributed by atoms with Gasteiger partial charge in [0, 0.05) is 25.2 Å². The number of pyridine rings is 1. The molecule has 2 aromatic heterocycles. The van der Waals surface area contributed by atoms with Gasteiger partial charge < -0.3 is 5.32 Å². The standard InChI is InChI=1S/C15H22N4/c1-2-12-6-5-7-13(12)16-10-9-15-18-17-14-8-3-4-11-19(14)15/h3-4,8,11-13,16H,2,5-7,9-10H2,1H3. The van der Waals surface area contributed by atoms with Crippen molar-refractivity contribution in [1.29, 1.82) is 0 Å². The monoisotopic (exact) mass is 258 g/mol. The summed E-state index contributed by atoms with van der Waals surface area (Å²) in [5.41, 5.74) is 0.935. The summed E-state index contributed by atoms with van der Waals surface area (Å²) in [5, 5.41) is 12.2. The van der Waals surface area contributed by atoms with Crippen molar-refractivity contribution in [3.8, 4) is 0 Å². The zero-order valence-corrected chi connectivity index (χ0v) is 11.5. The second-order valence-corrected chi connectivity index (χ2v) is 5.45. The molecule has 0 amide bonds. The van der Waals surface area contributed by atoms with Crippen LogP contribution in [0.25, 0.3) is 5.65 Å². The summed E-state index contributed by atoms with van der Waals surface area (Å²) in [5.74, 6) is 1.92. The molecule has 1 aliphatic rings. The molecule has 19 heavy (non-hydrogen) atoms. The number of rotatable bonds is 5. The first-order chi connectivity index (χ1) is 9.38. The number of aromatic nitrogens is 3. The molecule has 2 atom stereocenters. The maximum absolute atomic E-state index is 4.27. The van der Waals surface area contributed by atoms with Gasteiger partial charge in [-0.2, -0.15) is 0 Å². The highest BCUT2D eigenvalue weighted by molar-refractivity contribution is 5.36. The van der Waals surface area contributed by atoms with Crippen molar-refractivity contribution in [1.82, 2.24) is 19.9 Å². The van der Waals surface area contributed by atoms with E-state index in [2.05, 4.69) is 26.8 Å². The van der Waals surface area contributed by atoms with Crippen LogP contribution in [-0.2, 0) is 6.42 Å². The van der Waals surface area contributed by atoms with Gasteiger partial charge in [0.2, 0.25) is 0 Å². The van der Waals surface area contributed by atoms with E-state index in [0.29, 0.717) is 6.04 Å². The lowest BCUT2D eigenvalue weighted by Gasteiger charge is -2.19. The third-order valence-corrected chi connectivity index (χ3v) is 4.32. The van der Waals surface area contributed by atoms with Crippen LogP contribution < -0.4 is 5.32 Å². The first kappa shape index (κ1) is 12.6. The highest BCUT2D eigenvalue weighted by Gasteiger charge is 2.24. The summed E-state index contributed by atoms with van der Waals surface area (Å²) in [6.07, 6.45) is 8.38. The lowest BCUT2D eigenvalue weighted by atomic mass is 10.0. The Morgan fingerprint density at radius 1 is 1.32 bits per heavy atom. The molecule has 0 bridgehead atoms. The SMILES string of the molecule is CCC1CCCC1NCCc1nnc2ccccn12. The van der Waals surface area contributed by atoms with Crippen LogP contribution in [0.1, 0.15) is 38.4 Å². The Kier molecular flexibility index (Phi) is 3.78. The molecular weight excluding hydrogens is 236 g/mol. The van der Waals surface area contributed by atoms with Crippen LogP contribution in [-0.4, -0.2) is 27.2 Å². The van der Waals surface area contributed by atoms with Gasteiger partial charge in [0.1, 0.15) is 5.82 Å². The molecule has 0 saturated heterocycles. The Hall–Kier alpha value is -1.42. The highest BCUT2D eigenvalue weighted by atomic mass is 15.2. The average molecular weight is 258 g/mol. The Balaban J connectivity index is 1.57. The van der Waals surface area contributed by atoms with Gasteiger partial charge in [-0.15, -0.1) is 10.2 Å². The summed E-state index contributed by atoms with van der Waals surface area (Å²) in [7, 11) is 0. The molecule has 3 rings (SSSR count). The van der Waals surface area contributed by atoms with Gasteiger partial charge in [0.25, 0.3) is 0 Å². The molecule has 0 aromatic carbocycles. The zero-order valence-electron chi connectivity index (χ0n) is 11.5. The fourth-order valence-electron chi connectivity index (χ4n) is 3.22. The summed E-state index contributed by atoms with van der Waals surface area (Å²) >= 11 is 0. The second-order valence-electron chi connectivity index (χ2n) is 5.45. The molecule has 1 saturated carbocycles. The van der Waals surface area contributed by atoms with E-state index >= 15 is 0 Å². The lowest BCUT2D eigenvalue weighted by molar-refractivity contribution is 0.391. The number of nitrogens with one attached hydrogen (secondary N) is 1. The first-order valence-electron chi connectivity index (χ1n) is 7.40. The van der Waals surface area contributed by atoms with Crippen LogP contribution in [0.2, 0.25) is 0 Å². The first-order valence-corrected chi connectivity index (χ1v) is 7.40. The van der Waals surface area contributed by atoms with Gasteiger partial charge >= 0.3 is 0 Å². The predicted molar refractivity (Wildman–Crippen MR) is 76.1 cm³/mol. The zero-order chi connectivity index (χ0) is 13.1. The third-order valence-electron chi connectivity index (χ3n) is 4.32. The average Bonchev–Trinajstić information content (AvgIpc) is 3.06. The summed E-state index contributed by atoms with van der Waals surface area (Å²) in [6.45, 7) is 3.30. The number of nitrogens with zero attached hydrogens (tertiary/aromatic N) is 3. The molecule has 1 fully saturated rings. The summed E-state index contributed by atoms with van der Waals surface area (Å²) in [6, 6.07) is 6.73. The topological polar surface area (TPSA) is 42.2 Å². The fourth-order valence-corrected chi connectivity index (χ4v) is 3.22. The smallest absolute Gasteiger partial charge is 0.160 e. The molecule has 0 aliphatic heterocycles. The van der Waals surface area contributed by atoms with Gasteiger partial charge in [-0.3, -0.25) is 4.40 Å². The minimum absolute atomic E-state index is 0.712. The van der Waals surface area contributed by atoms with Crippen LogP contribution in [0.15, 0.2) is 24.4 Å². The van der Waals surface area contributed by atoms with Gasteiger partial charge in [-0.05, 0) is 30.9 Å². The summed E-state index contributed by atoms with van der Waals surface area (Å²) < 4.78 is 2.08. The van der Waals surface area contributed by atoms with Crippen LogP contribution in [0, 0.1) is 5.92 Å². The quantitative estimate of drug-likeness (QED) is 0.895. The molecule has 2 aromatic rings. The molecule has 102 valence electrons. The minimum atomic E-state index is 0.712. The van der Waals surface area contributed by atoms with E-state index in [-0.39, 0.29) is 0 Å². The van der Waals surface area contributed by atoms with Crippen molar-refractivity contribution >= 4 is 5.65 Å². The van der Waals surface area contributed by atoms with Gasteiger partial charge in [0.05, 0.1) is 0 Å². The Bertz CT molecular complexity index is 534. The van der Waals surface area contributed by atoms with E-state index in [0.717, 1.165) is 30.4 Å². The molecule has 1 aliphatic carbocycles. The predicted octanol–water partition coefficient (Wildman–Crippen LogP) is 2.44. The molecule has 0 spiro atoms. The molecule has 2 unspecified atom stereocenters. The number of hydrogen-bond acceptors (Lipinski definition) is 3. The van der Waals surface area contributed by atoms with Crippen LogP contribution in [0.3, 0.4) is 0 Å². The Labute approximate surface area is 114 Å². The normalized spacial score (nSPS) is 23.2. The molecular formula is C15H22N4. The largest absolute Gasteiger partial charge is 0.313 e. The van der Waals surface area contributed by atoms with Crippen molar-refractivity contribution in [2.45, 2.75) is 45.1 Å². The lowest BCUT2D eigenvalue weighted by Crippen LogP contribution is -2.33. The number of fused-ring (bicyclic) bond motifs is 1. The second kappa shape index (κ2) is 5.70. The molecule has 0 radical (unpaired) electrons. The van der Waals surface area contributed by atoms with Crippen molar-refractivity contribution in [2.24, 2.45) is 5.92 Å². The summed E-state index contributed by atoms with van der Waals surface area (Å²) in [4.78, 5) is 0. The van der Waals surface area contributed by atoms with Crippen LogP contribution in [0.5, 0.6) is 0 Å². The van der Waals surface area contributed by atoms with Crippen molar-refractivity contribution in [2.75, 3.05) is 6.54 Å². The van der Waals surface area contributed by atoms with E-state index < -0.39 is 0 Å². The molecule has 4 heteroatoms. The molecule has 2 heterocycles. The van der Waals surface area contributed by atoms with Crippen LogP contribution in [0.4, 0.5) is 0 Å². The van der Waals surface area contributed by atoms with E-state index in [1.165, 1.54) is 25.7 Å². The maximum atomic E-state index is 4.27. The van der Waals surface area contributed by atoms with E-state index in [4.69, 9.17) is 0 Å². The van der Waals surface area contributed by atoms with Crippen molar-refractivity contribution in [3.63, 3.8) is 0 Å². The third kappa shape index (κ3) is 2.63. The van der Waals surface area contributed by atoms with E-state index in [1.807, 2.05) is 24.4 Å². The molecule has 1 N–H and O–H groups in total. The van der Waals surface area contributed by atoms with Gasteiger partial charge in [-0.1, -0.05) is 25.8 Å². The molecule has 4 nitrogen and oxygen atoms in total. The van der Waals surface area contributed by atoms with E-state index in [9.17, 15) is 0 Å². The fraction of sp³-hybridized carbons (Fsp3) is 0.600. The maximum Gasteiger partial charge on any atom is 0.160 e. The Morgan fingerprint density at radius 2 is 2.26 bits per heavy atom. The number of hydrogen-bond donors (Lipinski definition) is 1. The van der Waals surface area contributed by atoms with Gasteiger partial charge in [0.15, 0.2) is 5.65 Å². The minimum Gasteiger partial charge on any atom is -0.313 e. The van der Waals surface area contributed by atoms with E-state index in [1.54, 1.807) is 0 Å². The highest BCUT2D eigenvalue weighted by Crippen LogP contribution is 2.27. The van der Waals surface area contributed by atoms with Gasteiger partial charge in [-0.25, -0.2) is 0 Å². The van der Waals surface area contributed by atoms with Crippen molar-refractivity contribution in [3.05, 3.63) is 30.2 Å². The Morgan fingerprint density at radius 3 is 3.16 bits per heavy atom.